The molecule has 0 bridgehead atoms. The molecule has 1 atom stereocenters. The maximum Gasteiger partial charge on any atom is 0.0802 e. The van der Waals surface area contributed by atoms with Gasteiger partial charge in [0, 0.05) is 39.3 Å². The first kappa shape index (κ1) is 16.2. The fourth-order valence-corrected chi connectivity index (χ4v) is 3.16. The molecule has 2 aromatic carbocycles. The van der Waals surface area contributed by atoms with Crippen molar-refractivity contribution in [3.05, 3.63) is 71.8 Å². The molecule has 23 heavy (non-hydrogen) atoms. The Hall–Kier alpha value is -1.68. The van der Waals surface area contributed by atoms with Gasteiger partial charge < -0.3 is 10.0 Å². The lowest BCUT2D eigenvalue weighted by Gasteiger charge is -2.35. The molecule has 2 aromatic rings. The van der Waals surface area contributed by atoms with Crippen LogP contribution in [0.4, 0.5) is 0 Å². The standard InChI is InChI=1S/C20H26N2O/c23-20(19-9-5-2-6-10-19)11-12-21-13-15-22(16-14-21)17-18-7-3-1-4-8-18/h1-10,20,23H,11-17H2. The summed E-state index contributed by atoms with van der Waals surface area (Å²) in [6, 6.07) is 20.6. The molecule has 0 aromatic heterocycles. The summed E-state index contributed by atoms with van der Waals surface area (Å²) < 4.78 is 0. The van der Waals surface area contributed by atoms with E-state index >= 15 is 0 Å². The van der Waals surface area contributed by atoms with Crippen molar-refractivity contribution in [1.29, 1.82) is 0 Å². The Kier molecular flexibility index (Phi) is 5.81. The van der Waals surface area contributed by atoms with Crippen LogP contribution in [-0.2, 0) is 6.54 Å². The average molecular weight is 310 g/mol. The van der Waals surface area contributed by atoms with Crippen molar-refractivity contribution in [3.63, 3.8) is 0 Å². The molecule has 122 valence electrons. The van der Waals surface area contributed by atoms with Gasteiger partial charge in [-0.3, -0.25) is 4.90 Å². The number of hydrogen-bond donors (Lipinski definition) is 1. The monoisotopic (exact) mass is 310 g/mol. The first-order valence-corrected chi connectivity index (χ1v) is 8.53. The van der Waals surface area contributed by atoms with E-state index in [1.54, 1.807) is 0 Å². The fraction of sp³-hybridized carbons (Fsp3) is 0.400. The van der Waals surface area contributed by atoms with Gasteiger partial charge in [-0.25, -0.2) is 0 Å². The van der Waals surface area contributed by atoms with E-state index in [4.69, 9.17) is 0 Å². The minimum absolute atomic E-state index is 0.349. The van der Waals surface area contributed by atoms with E-state index < -0.39 is 0 Å². The molecule has 3 rings (SSSR count). The quantitative estimate of drug-likeness (QED) is 0.889. The van der Waals surface area contributed by atoms with Crippen LogP contribution in [0.5, 0.6) is 0 Å². The van der Waals surface area contributed by atoms with E-state index in [2.05, 4.69) is 40.1 Å². The molecular formula is C20H26N2O. The molecule has 0 saturated carbocycles. The lowest BCUT2D eigenvalue weighted by Crippen LogP contribution is -2.46. The second kappa shape index (κ2) is 8.25. The molecule has 1 unspecified atom stereocenters. The van der Waals surface area contributed by atoms with Crippen LogP contribution in [-0.4, -0.2) is 47.6 Å². The third-order valence-electron chi connectivity index (χ3n) is 4.62. The van der Waals surface area contributed by atoms with Crippen molar-refractivity contribution in [1.82, 2.24) is 9.80 Å². The Morgan fingerprint density at radius 2 is 1.35 bits per heavy atom. The molecule has 1 aliphatic rings. The average Bonchev–Trinajstić information content (AvgIpc) is 2.62. The Labute approximate surface area is 139 Å². The van der Waals surface area contributed by atoms with Crippen molar-refractivity contribution in [2.24, 2.45) is 0 Å². The summed E-state index contributed by atoms with van der Waals surface area (Å²) in [5.74, 6) is 0. The Balaban J connectivity index is 1.39. The van der Waals surface area contributed by atoms with Gasteiger partial charge in [-0.15, -0.1) is 0 Å². The molecule has 0 amide bonds. The van der Waals surface area contributed by atoms with Crippen LogP contribution in [0.2, 0.25) is 0 Å². The zero-order valence-electron chi connectivity index (χ0n) is 13.6. The van der Waals surface area contributed by atoms with Gasteiger partial charge in [0.05, 0.1) is 6.10 Å². The SMILES string of the molecule is OC(CCN1CCN(Cc2ccccc2)CC1)c1ccccc1. The zero-order chi connectivity index (χ0) is 15.9. The highest BCUT2D eigenvalue weighted by atomic mass is 16.3. The summed E-state index contributed by atoms with van der Waals surface area (Å²) in [5.41, 5.74) is 2.41. The van der Waals surface area contributed by atoms with E-state index in [9.17, 15) is 5.11 Å². The molecule has 1 fully saturated rings. The van der Waals surface area contributed by atoms with Gasteiger partial charge in [0.2, 0.25) is 0 Å². The maximum absolute atomic E-state index is 10.3. The molecule has 1 aliphatic heterocycles. The van der Waals surface area contributed by atoms with Crippen LogP contribution in [0.15, 0.2) is 60.7 Å². The van der Waals surface area contributed by atoms with E-state index in [1.165, 1.54) is 5.56 Å². The second-order valence-corrected chi connectivity index (χ2v) is 6.32. The Morgan fingerprint density at radius 3 is 2.00 bits per heavy atom. The predicted molar refractivity (Wildman–Crippen MR) is 94.2 cm³/mol. The second-order valence-electron chi connectivity index (χ2n) is 6.32. The van der Waals surface area contributed by atoms with Crippen LogP contribution < -0.4 is 0 Å². The number of piperazine rings is 1. The van der Waals surface area contributed by atoms with Gasteiger partial charge in [-0.1, -0.05) is 60.7 Å². The van der Waals surface area contributed by atoms with Gasteiger partial charge in [-0.2, -0.15) is 0 Å². The first-order chi connectivity index (χ1) is 11.3. The minimum atomic E-state index is -0.349. The third-order valence-corrected chi connectivity index (χ3v) is 4.62. The van der Waals surface area contributed by atoms with Crippen LogP contribution in [0, 0.1) is 0 Å². The summed E-state index contributed by atoms with van der Waals surface area (Å²) in [6.07, 6.45) is 0.460. The minimum Gasteiger partial charge on any atom is -0.388 e. The van der Waals surface area contributed by atoms with Crippen LogP contribution >= 0.6 is 0 Å². The molecule has 1 N–H and O–H groups in total. The maximum atomic E-state index is 10.3. The van der Waals surface area contributed by atoms with E-state index in [1.807, 2.05) is 30.3 Å². The van der Waals surface area contributed by atoms with Gasteiger partial charge in [0.25, 0.3) is 0 Å². The molecular weight excluding hydrogens is 284 g/mol. The number of rotatable bonds is 6. The predicted octanol–water partition coefficient (Wildman–Crippen LogP) is 2.93. The number of benzene rings is 2. The highest BCUT2D eigenvalue weighted by Gasteiger charge is 2.18. The summed E-state index contributed by atoms with van der Waals surface area (Å²) in [6.45, 7) is 6.41. The van der Waals surface area contributed by atoms with Crippen molar-refractivity contribution in [2.45, 2.75) is 19.1 Å². The van der Waals surface area contributed by atoms with Crippen molar-refractivity contribution >= 4 is 0 Å². The van der Waals surface area contributed by atoms with Gasteiger partial charge >= 0.3 is 0 Å². The number of aliphatic hydroxyl groups excluding tert-OH is 1. The van der Waals surface area contributed by atoms with E-state index in [0.29, 0.717) is 0 Å². The summed E-state index contributed by atoms with van der Waals surface area (Å²) in [4.78, 5) is 4.98. The fourth-order valence-electron chi connectivity index (χ4n) is 3.16. The van der Waals surface area contributed by atoms with Gasteiger partial charge in [-0.05, 0) is 17.5 Å². The Bertz CT molecular complexity index is 565. The Morgan fingerprint density at radius 1 is 0.783 bits per heavy atom. The smallest absolute Gasteiger partial charge is 0.0802 e. The summed E-state index contributed by atoms with van der Waals surface area (Å²) in [5, 5.41) is 10.3. The van der Waals surface area contributed by atoms with Crippen molar-refractivity contribution < 1.29 is 5.11 Å². The summed E-state index contributed by atoms with van der Waals surface area (Å²) in [7, 11) is 0. The normalized spacial score (nSPS) is 18.0. The van der Waals surface area contributed by atoms with Crippen molar-refractivity contribution in [3.8, 4) is 0 Å². The van der Waals surface area contributed by atoms with Crippen molar-refractivity contribution in [2.75, 3.05) is 32.7 Å². The molecule has 3 heteroatoms. The number of aliphatic hydroxyl groups is 1. The number of hydrogen-bond acceptors (Lipinski definition) is 3. The molecule has 1 saturated heterocycles. The van der Waals surface area contributed by atoms with Gasteiger partial charge in [0.15, 0.2) is 0 Å². The summed E-state index contributed by atoms with van der Waals surface area (Å²) >= 11 is 0. The molecule has 0 aliphatic carbocycles. The van der Waals surface area contributed by atoms with Gasteiger partial charge in [0.1, 0.15) is 0 Å². The van der Waals surface area contributed by atoms with Crippen LogP contribution in [0.1, 0.15) is 23.7 Å². The molecule has 3 nitrogen and oxygen atoms in total. The highest BCUT2D eigenvalue weighted by Crippen LogP contribution is 2.17. The lowest BCUT2D eigenvalue weighted by atomic mass is 10.1. The topological polar surface area (TPSA) is 26.7 Å². The first-order valence-electron chi connectivity index (χ1n) is 8.53. The van der Waals surface area contributed by atoms with Crippen LogP contribution in [0.3, 0.4) is 0 Å². The number of nitrogens with zero attached hydrogens (tertiary/aromatic N) is 2. The highest BCUT2D eigenvalue weighted by molar-refractivity contribution is 5.17. The van der Waals surface area contributed by atoms with Crippen LogP contribution in [0.25, 0.3) is 0 Å². The molecule has 1 heterocycles. The molecule has 0 spiro atoms. The largest absolute Gasteiger partial charge is 0.388 e. The molecule has 0 radical (unpaired) electrons. The third kappa shape index (κ3) is 4.90. The zero-order valence-corrected chi connectivity index (χ0v) is 13.6. The lowest BCUT2D eigenvalue weighted by molar-refractivity contribution is 0.0993. The van der Waals surface area contributed by atoms with E-state index in [0.717, 1.165) is 51.3 Å². The van der Waals surface area contributed by atoms with E-state index in [-0.39, 0.29) is 6.10 Å².